The van der Waals surface area contributed by atoms with Crippen molar-refractivity contribution in [3.63, 3.8) is 0 Å². The Hall–Kier alpha value is -2.41. The second-order valence-electron chi connectivity index (χ2n) is 5.68. The van der Waals surface area contributed by atoms with Crippen LogP contribution in [0.5, 0.6) is 0 Å². The van der Waals surface area contributed by atoms with Gasteiger partial charge in [-0.3, -0.25) is 9.88 Å². The SMILES string of the molecule is CC(C)N(C(=O)OCc1ccccc1)C(C(=O)O)c1ccc(Br)cn1. The van der Waals surface area contributed by atoms with Crippen LogP contribution in [0, 0.1) is 0 Å². The van der Waals surface area contributed by atoms with E-state index in [0.29, 0.717) is 0 Å². The summed E-state index contributed by atoms with van der Waals surface area (Å²) in [5.74, 6) is -1.17. The normalized spacial score (nSPS) is 11.8. The lowest BCUT2D eigenvalue weighted by Gasteiger charge is -2.31. The van der Waals surface area contributed by atoms with E-state index in [1.165, 1.54) is 11.1 Å². The van der Waals surface area contributed by atoms with E-state index in [4.69, 9.17) is 4.74 Å². The van der Waals surface area contributed by atoms with Gasteiger partial charge in [-0.1, -0.05) is 30.3 Å². The molecule has 0 aliphatic rings. The van der Waals surface area contributed by atoms with Crippen molar-refractivity contribution in [3.05, 3.63) is 64.4 Å². The molecule has 0 saturated carbocycles. The molecule has 0 aliphatic heterocycles. The molecule has 1 aromatic carbocycles. The van der Waals surface area contributed by atoms with Crippen LogP contribution < -0.4 is 0 Å². The molecular weight excluding hydrogens is 388 g/mol. The number of aromatic nitrogens is 1. The zero-order valence-corrected chi connectivity index (χ0v) is 15.5. The number of carboxylic acid groups (broad SMARTS) is 1. The number of carbonyl (C=O) groups excluding carboxylic acids is 1. The number of carbonyl (C=O) groups is 2. The summed E-state index contributed by atoms with van der Waals surface area (Å²) in [7, 11) is 0. The van der Waals surface area contributed by atoms with Gasteiger partial charge in [-0.25, -0.2) is 9.59 Å². The van der Waals surface area contributed by atoms with Gasteiger partial charge in [-0.15, -0.1) is 0 Å². The molecule has 1 amide bonds. The quantitative estimate of drug-likeness (QED) is 0.783. The Morgan fingerprint density at radius 3 is 2.40 bits per heavy atom. The van der Waals surface area contributed by atoms with Gasteiger partial charge in [0.25, 0.3) is 0 Å². The second kappa shape index (κ2) is 8.62. The zero-order valence-electron chi connectivity index (χ0n) is 13.9. The third-order valence-electron chi connectivity index (χ3n) is 3.51. The van der Waals surface area contributed by atoms with E-state index in [0.717, 1.165) is 10.0 Å². The molecule has 1 heterocycles. The molecule has 25 heavy (non-hydrogen) atoms. The first-order chi connectivity index (χ1) is 11.9. The fraction of sp³-hybridized carbons (Fsp3) is 0.278. The predicted molar refractivity (Wildman–Crippen MR) is 95.9 cm³/mol. The molecule has 0 bridgehead atoms. The first-order valence-corrected chi connectivity index (χ1v) is 8.52. The average Bonchev–Trinajstić information content (AvgIpc) is 2.59. The first-order valence-electron chi connectivity index (χ1n) is 7.73. The largest absolute Gasteiger partial charge is 0.479 e. The molecule has 1 atom stereocenters. The number of nitrogens with zero attached hydrogens (tertiary/aromatic N) is 2. The minimum atomic E-state index is -1.23. The second-order valence-corrected chi connectivity index (χ2v) is 6.60. The summed E-state index contributed by atoms with van der Waals surface area (Å²) in [6.45, 7) is 3.54. The maximum atomic E-state index is 12.5. The lowest BCUT2D eigenvalue weighted by atomic mass is 10.1. The Morgan fingerprint density at radius 1 is 1.20 bits per heavy atom. The van der Waals surface area contributed by atoms with E-state index >= 15 is 0 Å². The number of rotatable bonds is 6. The highest BCUT2D eigenvalue weighted by Gasteiger charge is 2.35. The van der Waals surface area contributed by atoms with Crippen molar-refractivity contribution in [3.8, 4) is 0 Å². The Bertz CT molecular complexity index is 720. The van der Waals surface area contributed by atoms with Crippen LogP contribution in [-0.2, 0) is 16.1 Å². The standard InChI is InChI=1S/C18H19BrN2O4/c1-12(2)21(18(24)25-11-13-6-4-3-5-7-13)16(17(22)23)15-9-8-14(19)10-20-15/h3-10,12,16H,11H2,1-2H3,(H,22,23). The minimum absolute atomic E-state index is 0.0724. The topological polar surface area (TPSA) is 79.7 Å². The van der Waals surface area contributed by atoms with Crippen LogP contribution in [0.3, 0.4) is 0 Å². The van der Waals surface area contributed by atoms with Crippen molar-refractivity contribution < 1.29 is 19.4 Å². The molecule has 2 rings (SSSR count). The van der Waals surface area contributed by atoms with Crippen LogP contribution in [-0.4, -0.2) is 33.1 Å². The van der Waals surface area contributed by atoms with Crippen LogP contribution in [0.1, 0.15) is 31.1 Å². The number of halogens is 1. The molecule has 2 aromatic rings. The van der Waals surface area contributed by atoms with Gasteiger partial charge in [0.05, 0.1) is 5.69 Å². The summed E-state index contributed by atoms with van der Waals surface area (Å²) < 4.78 is 6.04. The molecule has 132 valence electrons. The van der Waals surface area contributed by atoms with Gasteiger partial charge in [0.1, 0.15) is 6.61 Å². The Kier molecular flexibility index (Phi) is 6.52. The summed E-state index contributed by atoms with van der Waals surface area (Å²) in [5, 5.41) is 9.65. The molecule has 7 heteroatoms. The molecule has 0 aliphatic carbocycles. The van der Waals surface area contributed by atoms with E-state index in [-0.39, 0.29) is 18.3 Å². The Balaban J connectivity index is 2.22. The maximum Gasteiger partial charge on any atom is 0.411 e. The number of carboxylic acids is 1. The fourth-order valence-electron chi connectivity index (χ4n) is 2.35. The van der Waals surface area contributed by atoms with Crippen LogP contribution in [0.25, 0.3) is 0 Å². The number of hydrogen-bond donors (Lipinski definition) is 1. The number of ether oxygens (including phenoxy) is 1. The average molecular weight is 407 g/mol. The third kappa shape index (κ3) is 5.03. The van der Waals surface area contributed by atoms with Gasteiger partial charge in [-0.2, -0.15) is 0 Å². The molecule has 0 fully saturated rings. The van der Waals surface area contributed by atoms with Gasteiger partial charge in [0.2, 0.25) is 0 Å². The zero-order chi connectivity index (χ0) is 18.4. The van der Waals surface area contributed by atoms with E-state index in [1.807, 2.05) is 30.3 Å². The van der Waals surface area contributed by atoms with E-state index in [1.54, 1.807) is 26.0 Å². The predicted octanol–water partition coefficient (Wildman–Crippen LogP) is 4.02. The number of hydrogen-bond acceptors (Lipinski definition) is 4. The highest BCUT2D eigenvalue weighted by Crippen LogP contribution is 2.24. The molecule has 0 spiro atoms. The van der Waals surface area contributed by atoms with Crippen molar-refractivity contribution in [1.82, 2.24) is 9.88 Å². The number of aliphatic carboxylic acids is 1. The molecule has 1 N–H and O–H groups in total. The van der Waals surface area contributed by atoms with E-state index < -0.39 is 18.1 Å². The van der Waals surface area contributed by atoms with Crippen LogP contribution in [0.4, 0.5) is 4.79 Å². The Labute approximate surface area is 154 Å². The van der Waals surface area contributed by atoms with Crippen molar-refractivity contribution >= 4 is 28.0 Å². The molecular formula is C18H19BrN2O4. The summed E-state index contributed by atoms with van der Waals surface area (Å²) in [5.41, 5.74) is 1.09. The minimum Gasteiger partial charge on any atom is -0.479 e. The smallest absolute Gasteiger partial charge is 0.411 e. The van der Waals surface area contributed by atoms with E-state index in [9.17, 15) is 14.7 Å². The van der Waals surface area contributed by atoms with Crippen LogP contribution in [0.2, 0.25) is 0 Å². The summed E-state index contributed by atoms with van der Waals surface area (Å²) >= 11 is 3.26. The van der Waals surface area contributed by atoms with Gasteiger partial charge in [0, 0.05) is 16.7 Å². The van der Waals surface area contributed by atoms with Gasteiger partial charge in [0.15, 0.2) is 6.04 Å². The van der Waals surface area contributed by atoms with Crippen molar-refractivity contribution in [2.24, 2.45) is 0 Å². The van der Waals surface area contributed by atoms with Crippen molar-refractivity contribution in [2.45, 2.75) is 32.5 Å². The van der Waals surface area contributed by atoms with Gasteiger partial charge in [-0.05, 0) is 47.5 Å². The number of benzene rings is 1. The van der Waals surface area contributed by atoms with Gasteiger partial charge >= 0.3 is 12.1 Å². The number of amides is 1. The fourth-order valence-corrected chi connectivity index (χ4v) is 2.58. The summed E-state index contributed by atoms with van der Waals surface area (Å²) in [6.07, 6.45) is 0.801. The highest BCUT2D eigenvalue weighted by atomic mass is 79.9. The maximum absolute atomic E-state index is 12.5. The molecule has 0 radical (unpaired) electrons. The highest BCUT2D eigenvalue weighted by molar-refractivity contribution is 9.10. The lowest BCUT2D eigenvalue weighted by Crippen LogP contribution is -2.44. The Morgan fingerprint density at radius 2 is 1.88 bits per heavy atom. The molecule has 6 nitrogen and oxygen atoms in total. The van der Waals surface area contributed by atoms with Crippen LogP contribution in [0.15, 0.2) is 53.1 Å². The van der Waals surface area contributed by atoms with Crippen molar-refractivity contribution in [2.75, 3.05) is 0 Å². The molecule has 1 aromatic heterocycles. The summed E-state index contributed by atoms with van der Waals surface area (Å²) in [4.78, 5) is 29.7. The van der Waals surface area contributed by atoms with Crippen molar-refractivity contribution in [1.29, 1.82) is 0 Å². The van der Waals surface area contributed by atoms with E-state index in [2.05, 4.69) is 20.9 Å². The number of pyridine rings is 1. The lowest BCUT2D eigenvalue weighted by molar-refractivity contribution is -0.144. The third-order valence-corrected chi connectivity index (χ3v) is 3.98. The monoisotopic (exact) mass is 406 g/mol. The van der Waals surface area contributed by atoms with Crippen LogP contribution >= 0.6 is 15.9 Å². The summed E-state index contributed by atoms with van der Waals surface area (Å²) in [6, 6.07) is 10.9. The van der Waals surface area contributed by atoms with Gasteiger partial charge < -0.3 is 9.84 Å². The molecule has 0 saturated heterocycles. The first kappa shape index (κ1) is 18.9. The molecule has 1 unspecified atom stereocenters.